The number of amides is 1. The number of hydrogen-bond donors (Lipinski definition) is 1. The number of nitrogens with two attached hydrogens (primary N) is 1. The number of rotatable bonds is 5. The molecule has 2 aliphatic rings. The second-order valence-corrected chi connectivity index (χ2v) is 6.98. The van der Waals surface area contributed by atoms with Crippen LogP contribution in [0.2, 0.25) is 0 Å². The number of ether oxygens (including phenoxy) is 1. The summed E-state index contributed by atoms with van der Waals surface area (Å²) < 4.78 is 5.85. The number of carbonyl (C=O) groups excluding carboxylic acids is 1. The number of anilines is 1. The summed E-state index contributed by atoms with van der Waals surface area (Å²) >= 11 is 0. The molecule has 0 spiro atoms. The summed E-state index contributed by atoms with van der Waals surface area (Å²) in [6, 6.07) is 17.9. The lowest BCUT2D eigenvalue weighted by molar-refractivity contribution is -0.125. The van der Waals surface area contributed by atoms with Crippen LogP contribution in [-0.2, 0) is 4.79 Å². The molecule has 4 rings (SSSR count). The Balaban J connectivity index is 1.40. The molecule has 0 unspecified atom stereocenters. The second-order valence-electron chi connectivity index (χ2n) is 6.98. The predicted molar refractivity (Wildman–Crippen MR) is 110 cm³/mol. The highest BCUT2D eigenvalue weighted by molar-refractivity contribution is 5.87. The van der Waals surface area contributed by atoms with E-state index in [2.05, 4.69) is 16.4 Å². The molecule has 2 aromatic carbocycles. The molecule has 2 aromatic rings. The van der Waals surface area contributed by atoms with Crippen molar-refractivity contribution in [2.45, 2.75) is 12.5 Å². The summed E-state index contributed by atoms with van der Waals surface area (Å²) in [6.45, 7) is 5.70. The Bertz CT molecular complexity index is 879. The van der Waals surface area contributed by atoms with Crippen molar-refractivity contribution in [2.75, 3.05) is 24.7 Å². The van der Waals surface area contributed by atoms with Crippen molar-refractivity contribution >= 4 is 11.6 Å². The Kier molecular flexibility index (Phi) is 4.93. The van der Waals surface area contributed by atoms with Crippen molar-refractivity contribution < 1.29 is 9.53 Å². The van der Waals surface area contributed by atoms with Crippen molar-refractivity contribution in [3.63, 3.8) is 0 Å². The van der Waals surface area contributed by atoms with Crippen LogP contribution in [0.5, 0.6) is 11.5 Å². The molecule has 0 saturated carbocycles. The Morgan fingerprint density at radius 2 is 1.82 bits per heavy atom. The van der Waals surface area contributed by atoms with Crippen molar-refractivity contribution in [3.8, 4) is 11.5 Å². The van der Waals surface area contributed by atoms with Gasteiger partial charge in [-0.3, -0.25) is 4.79 Å². The Hall–Kier alpha value is -3.41. The molecule has 144 valence electrons. The summed E-state index contributed by atoms with van der Waals surface area (Å²) in [5.41, 5.74) is 7.28. The van der Waals surface area contributed by atoms with Gasteiger partial charge >= 0.3 is 0 Å². The van der Waals surface area contributed by atoms with E-state index in [0.29, 0.717) is 19.0 Å². The van der Waals surface area contributed by atoms with Gasteiger partial charge in [-0.15, -0.1) is 0 Å². The van der Waals surface area contributed by atoms with Gasteiger partial charge in [0.05, 0.1) is 6.67 Å². The van der Waals surface area contributed by atoms with E-state index in [1.54, 1.807) is 0 Å². The zero-order chi connectivity index (χ0) is 19.5. The molecule has 0 aliphatic carbocycles. The van der Waals surface area contributed by atoms with Crippen molar-refractivity contribution in [1.82, 2.24) is 9.80 Å². The van der Waals surface area contributed by atoms with Gasteiger partial charge in [-0.05, 0) is 48.9 Å². The number of nitrogens with zero attached hydrogens (tertiary/aromatic N) is 3. The number of carbonyl (C=O) groups is 1. The predicted octanol–water partition coefficient (Wildman–Crippen LogP) is 3.10. The molecule has 28 heavy (non-hydrogen) atoms. The van der Waals surface area contributed by atoms with Crippen molar-refractivity contribution in [3.05, 3.63) is 79.3 Å². The molecule has 2 N–H and O–H groups in total. The molecule has 1 atom stereocenters. The van der Waals surface area contributed by atoms with Gasteiger partial charge in [-0.2, -0.15) is 0 Å². The molecule has 2 heterocycles. The summed E-state index contributed by atoms with van der Waals surface area (Å²) in [5.74, 6) is 2.28. The van der Waals surface area contributed by atoms with Gasteiger partial charge in [-0.1, -0.05) is 24.8 Å². The first-order valence-electron chi connectivity index (χ1n) is 9.39. The van der Waals surface area contributed by atoms with Gasteiger partial charge in [-0.25, -0.2) is 0 Å². The third-order valence-electron chi connectivity index (χ3n) is 5.16. The van der Waals surface area contributed by atoms with E-state index in [4.69, 9.17) is 10.5 Å². The highest BCUT2D eigenvalue weighted by Gasteiger charge is 2.32. The van der Waals surface area contributed by atoms with Crippen LogP contribution in [0.3, 0.4) is 0 Å². The number of hydrogen-bond acceptors (Lipinski definition) is 5. The van der Waals surface area contributed by atoms with E-state index in [1.807, 2.05) is 65.7 Å². The maximum atomic E-state index is 11.8. The maximum absolute atomic E-state index is 11.8. The smallest absolute Gasteiger partial charge is 0.246 e. The van der Waals surface area contributed by atoms with E-state index in [1.165, 1.54) is 6.08 Å². The Labute approximate surface area is 165 Å². The van der Waals surface area contributed by atoms with Gasteiger partial charge in [0.15, 0.2) is 0 Å². The average Bonchev–Trinajstić information content (AvgIpc) is 3.36. The van der Waals surface area contributed by atoms with Gasteiger partial charge in [0.1, 0.15) is 17.3 Å². The monoisotopic (exact) mass is 376 g/mol. The topological polar surface area (TPSA) is 62.0 Å². The lowest BCUT2D eigenvalue weighted by Gasteiger charge is -2.27. The molecule has 0 bridgehead atoms. The minimum Gasteiger partial charge on any atom is -0.457 e. The second kappa shape index (κ2) is 7.68. The summed E-state index contributed by atoms with van der Waals surface area (Å²) in [5, 5.41) is 0. The Morgan fingerprint density at radius 3 is 2.54 bits per heavy atom. The molecule has 6 heteroatoms. The average molecular weight is 376 g/mol. The number of para-hydroxylation sites is 1. The van der Waals surface area contributed by atoms with Crippen LogP contribution in [0.15, 0.2) is 79.3 Å². The van der Waals surface area contributed by atoms with Gasteiger partial charge < -0.3 is 25.2 Å². The molecule has 1 fully saturated rings. The van der Waals surface area contributed by atoms with E-state index in [9.17, 15) is 4.79 Å². The molecule has 1 saturated heterocycles. The third-order valence-corrected chi connectivity index (χ3v) is 5.16. The first-order chi connectivity index (χ1) is 13.6. The van der Waals surface area contributed by atoms with Gasteiger partial charge in [0, 0.05) is 31.0 Å². The van der Waals surface area contributed by atoms with E-state index in [0.717, 1.165) is 30.2 Å². The van der Waals surface area contributed by atoms with Crippen LogP contribution in [0.25, 0.3) is 0 Å². The van der Waals surface area contributed by atoms with Crippen LogP contribution in [0.1, 0.15) is 6.42 Å². The first kappa shape index (κ1) is 18.0. The highest BCUT2D eigenvalue weighted by atomic mass is 16.5. The largest absolute Gasteiger partial charge is 0.457 e. The molecule has 1 amide bonds. The summed E-state index contributed by atoms with van der Waals surface area (Å²) in [4.78, 5) is 17.9. The number of likely N-dealkylation sites (tertiary alicyclic amines) is 1. The molecular weight excluding hydrogens is 352 g/mol. The van der Waals surface area contributed by atoms with Gasteiger partial charge in [0.25, 0.3) is 0 Å². The molecule has 0 aromatic heterocycles. The fourth-order valence-corrected chi connectivity index (χ4v) is 3.64. The summed E-state index contributed by atoms with van der Waals surface area (Å²) in [7, 11) is 0. The fourth-order valence-electron chi connectivity index (χ4n) is 3.64. The minimum absolute atomic E-state index is 0.00971. The van der Waals surface area contributed by atoms with E-state index in [-0.39, 0.29) is 11.9 Å². The van der Waals surface area contributed by atoms with Crippen LogP contribution >= 0.6 is 0 Å². The van der Waals surface area contributed by atoms with Gasteiger partial charge in [0.2, 0.25) is 5.91 Å². The third kappa shape index (κ3) is 3.67. The SMILES string of the molecule is C=CC(=O)N1CC[C@@H](N2C=C(N)N(c3ccc(Oc4ccccc4)cc3)C2)C1. The van der Waals surface area contributed by atoms with Crippen LogP contribution in [0, 0.1) is 0 Å². The Morgan fingerprint density at radius 1 is 1.11 bits per heavy atom. The highest BCUT2D eigenvalue weighted by Crippen LogP contribution is 2.29. The fraction of sp³-hybridized carbons (Fsp3) is 0.227. The molecule has 0 radical (unpaired) electrons. The zero-order valence-electron chi connectivity index (χ0n) is 15.7. The maximum Gasteiger partial charge on any atom is 0.246 e. The van der Waals surface area contributed by atoms with E-state index < -0.39 is 0 Å². The van der Waals surface area contributed by atoms with E-state index >= 15 is 0 Å². The number of benzene rings is 2. The van der Waals surface area contributed by atoms with Crippen LogP contribution < -0.4 is 15.4 Å². The zero-order valence-corrected chi connectivity index (χ0v) is 15.7. The molecular formula is C22H24N4O2. The van der Waals surface area contributed by atoms with Crippen molar-refractivity contribution in [2.24, 2.45) is 5.73 Å². The molecule has 6 nitrogen and oxygen atoms in total. The minimum atomic E-state index is -0.00971. The first-order valence-corrected chi connectivity index (χ1v) is 9.39. The molecule has 2 aliphatic heterocycles. The standard InChI is InChI=1S/C22H24N4O2/c1-2-22(27)24-13-12-18(14-24)25-15-21(23)26(16-25)17-8-10-20(11-9-17)28-19-6-4-3-5-7-19/h2-11,15,18H,1,12-14,16,23H2/t18-/m1/s1. The normalized spacial score (nSPS) is 18.9. The lowest BCUT2D eigenvalue weighted by Crippen LogP contribution is -2.37. The van der Waals surface area contributed by atoms with Crippen molar-refractivity contribution in [1.29, 1.82) is 0 Å². The van der Waals surface area contributed by atoms with Crippen LogP contribution in [0.4, 0.5) is 5.69 Å². The summed E-state index contributed by atoms with van der Waals surface area (Å²) in [6.07, 6.45) is 4.28. The quantitative estimate of drug-likeness (QED) is 0.813. The van der Waals surface area contributed by atoms with Crippen LogP contribution in [-0.4, -0.2) is 41.5 Å². The lowest BCUT2D eigenvalue weighted by atomic mass is 10.2.